The summed E-state index contributed by atoms with van der Waals surface area (Å²) in [5.41, 5.74) is 4.46. The molecule has 1 amide bonds. The van der Waals surface area contributed by atoms with Crippen molar-refractivity contribution < 1.29 is 23.9 Å². The molecule has 6 heteroatoms. The largest absolute Gasteiger partial charge is 0.457 e. The van der Waals surface area contributed by atoms with Crippen LogP contribution in [-0.2, 0) is 14.3 Å². The van der Waals surface area contributed by atoms with E-state index in [1.807, 2.05) is 56.3 Å². The molecule has 3 aromatic carbocycles. The molecule has 0 N–H and O–H groups in total. The van der Waals surface area contributed by atoms with E-state index in [1.165, 1.54) is 0 Å². The summed E-state index contributed by atoms with van der Waals surface area (Å²) in [5.74, 6) is 0.221. The van der Waals surface area contributed by atoms with Gasteiger partial charge in [-0.25, -0.2) is 0 Å². The van der Waals surface area contributed by atoms with Crippen LogP contribution in [-0.4, -0.2) is 30.3 Å². The van der Waals surface area contributed by atoms with Crippen LogP contribution in [0.15, 0.2) is 66.7 Å². The number of hydrogen-bond acceptors (Lipinski definition) is 5. The first-order valence-corrected chi connectivity index (χ1v) is 12.6. The summed E-state index contributed by atoms with van der Waals surface area (Å²) in [4.78, 5) is 39.7. The number of carbonyl (C=O) groups excluding carboxylic acids is 3. The second-order valence-corrected chi connectivity index (χ2v) is 10.0. The van der Waals surface area contributed by atoms with Gasteiger partial charge < -0.3 is 14.4 Å². The zero-order chi connectivity index (χ0) is 26.7. The first-order chi connectivity index (χ1) is 17.6. The van der Waals surface area contributed by atoms with Crippen molar-refractivity contribution in [1.82, 2.24) is 0 Å². The number of amides is 1. The molecule has 2 atom stereocenters. The van der Waals surface area contributed by atoms with Crippen molar-refractivity contribution >= 4 is 23.3 Å². The lowest BCUT2D eigenvalue weighted by Crippen LogP contribution is -2.30. The minimum absolute atomic E-state index is 0.0452. The number of rotatable bonds is 8. The molecule has 0 unspecified atom stereocenters. The van der Waals surface area contributed by atoms with Gasteiger partial charge in [0.2, 0.25) is 11.7 Å². The highest BCUT2D eigenvalue weighted by Gasteiger charge is 2.37. The Balaban J connectivity index is 1.39. The third-order valence-corrected chi connectivity index (χ3v) is 6.62. The topological polar surface area (TPSA) is 72.9 Å². The minimum atomic E-state index is -0.923. The van der Waals surface area contributed by atoms with Crippen molar-refractivity contribution in [2.24, 2.45) is 5.92 Å². The number of esters is 1. The Morgan fingerprint density at radius 3 is 2.19 bits per heavy atom. The number of carbonyl (C=O) groups is 3. The zero-order valence-electron chi connectivity index (χ0n) is 22.0. The van der Waals surface area contributed by atoms with Crippen LogP contribution in [0.3, 0.4) is 0 Å². The van der Waals surface area contributed by atoms with E-state index in [1.54, 1.807) is 24.0 Å². The molecular weight excluding hydrogens is 466 g/mol. The molecule has 3 aromatic rings. The van der Waals surface area contributed by atoms with Gasteiger partial charge in [0.05, 0.1) is 5.92 Å². The van der Waals surface area contributed by atoms with Crippen molar-refractivity contribution in [2.45, 2.75) is 53.1 Å². The van der Waals surface area contributed by atoms with E-state index in [0.29, 0.717) is 22.9 Å². The molecule has 1 saturated heterocycles. The van der Waals surface area contributed by atoms with E-state index >= 15 is 0 Å². The molecule has 0 aliphatic carbocycles. The van der Waals surface area contributed by atoms with Gasteiger partial charge in [0.1, 0.15) is 11.5 Å². The fourth-order valence-electron chi connectivity index (χ4n) is 4.42. The lowest BCUT2D eigenvalue weighted by molar-refractivity contribution is -0.151. The highest BCUT2D eigenvalue weighted by Crippen LogP contribution is 2.33. The molecule has 0 radical (unpaired) electrons. The van der Waals surface area contributed by atoms with Gasteiger partial charge in [0.15, 0.2) is 6.10 Å². The maximum absolute atomic E-state index is 12.8. The second-order valence-electron chi connectivity index (χ2n) is 10.0. The Labute approximate surface area is 218 Å². The molecule has 1 aliphatic heterocycles. The molecule has 1 heterocycles. The van der Waals surface area contributed by atoms with Gasteiger partial charge in [0.25, 0.3) is 0 Å². The van der Waals surface area contributed by atoms with Crippen LogP contribution in [0.2, 0.25) is 0 Å². The molecule has 0 aromatic heterocycles. The Hall–Kier alpha value is -3.93. The van der Waals surface area contributed by atoms with Crippen LogP contribution in [0.4, 0.5) is 5.69 Å². The van der Waals surface area contributed by atoms with Crippen LogP contribution in [0.1, 0.15) is 60.2 Å². The van der Waals surface area contributed by atoms with E-state index in [9.17, 15) is 14.4 Å². The molecule has 0 bridgehead atoms. The molecule has 37 heavy (non-hydrogen) atoms. The molecule has 0 saturated carbocycles. The van der Waals surface area contributed by atoms with Gasteiger partial charge in [-0.15, -0.1) is 0 Å². The Kier molecular flexibility index (Phi) is 7.77. The summed E-state index contributed by atoms with van der Waals surface area (Å²) in [6.45, 7) is 9.99. The lowest BCUT2D eigenvalue weighted by atomic mass is 10.0. The second kappa shape index (κ2) is 11.0. The number of nitrogens with zero attached hydrogens (tertiary/aromatic N) is 1. The predicted octanol–water partition coefficient (Wildman–Crippen LogP) is 6.39. The van der Waals surface area contributed by atoms with Gasteiger partial charge in [-0.05, 0) is 68.1 Å². The Bertz CT molecular complexity index is 1290. The summed E-state index contributed by atoms with van der Waals surface area (Å²) in [5, 5.41) is 0. The predicted molar refractivity (Wildman–Crippen MR) is 143 cm³/mol. The van der Waals surface area contributed by atoms with Crippen LogP contribution >= 0.6 is 0 Å². The smallest absolute Gasteiger partial charge is 0.312 e. The highest BCUT2D eigenvalue weighted by atomic mass is 16.5. The van der Waals surface area contributed by atoms with Crippen molar-refractivity contribution in [1.29, 1.82) is 0 Å². The number of aryl methyl sites for hydroxylation is 2. The molecule has 1 fully saturated rings. The first kappa shape index (κ1) is 26.1. The lowest BCUT2D eigenvalue weighted by Gasteiger charge is -2.19. The number of anilines is 1. The van der Waals surface area contributed by atoms with E-state index in [0.717, 1.165) is 22.4 Å². The Morgan fingerprint density at radius 2 is 1.54 bits per heavy atom. The third-order valence-electron chi connectivity index (χ3n) is 6.62. The van der Waals surface area contributed by atoms with Gasteiger partial charge in [-0.2, -0.15) is 0 Å². The van der Waals surface area contributed by atoms with Crippen molar-refractivity contribution in [3.8, 4) is 11.5 Å². The molecular formula is C31H33NO5. The first-order valence-electron chi connectivity index (χ1n) is 12.6. The minimum Gasteiger partial charge on any atom is -0.457 e. The maximum atomic E-state index is 12.8. The van der Waals surface area contributed by atoms with Crippen molar-refractivity contribution in [2.75, 3.05) is 11.4 Å². The monoisotopic (exact) mass is 499 g/mol. The van der Waals surface area contributed by atoms with Crippen LogP contribution in [0.5, 0.6) is 11.5 Å². The van der Waals surface area contributed by atoms with Crippen molar-refractivity contribution in [3.05, 3.63) is 89.0 Å². The van der Waals surface area contributed by atoms with Crippen LogP contribution < -0.4 is 9.64 Å². The average molecular weight is 500 g/mol. The molecule has 192 valence electrons. The SMILES string of the molecule is Cc1ccc(C(=O)[C@H](C)OC(=O)[C@@H]2CC(=O)N(c3ccc(Oc4cc(C)ccc4C(C)C)cc3)C2)cc1. The number of hydrogen-bond donors (Lipinski definition) is 0. The summed E-state index contributed by atoms with van der Waals surface area (Å²) < 4.78 is 11.6. The van der Waals surface area contributed by atoms with Gasteiger partial charge in [-0.3, -0.25) is 14.4 Å². The van der Waals surface area contributed by atoms with Gasteiger partial charge >= 0.3 is 5.97 Å². The van der Waals surface area contributed by atoms with Gasteiger partial charge in [-0.1, -0.05) is 55.8 Å². The Morgan fingerprint density at radius 1 is 0.892 bits per heavy atom. The standard InChI is InChI=1S/C31H33NO5/c1-19(2)27-15-8-21(4)16-28(27)37-26-13-11-25(12-14-26)32-18-24(17-29(32)33)31(35)36-22(5)30(34)23-9-6-20(3)7-10-23/h6-16,19,22,24H,17-18H2,1-5H3/t22-,24+/m0/s1. The molecule has 1 aliphatic rings. The van der Waals surface area contributed by atoms with E-state index in [-0.39, 0.29) is 24.7 Å². The van der Waals surface area contributed by atoms with E-state index in [4.69, 9.17) is 9.47 Å². The fourth-order valence-corrected chi connectivity index (χ4v) is 4.42. The number of ketones is 1. The quantitative estimate of drug-likeness (QED) is 0.265. The van der Waals surface area contributed by atoms with Crippen LogP contribution in [0.25, 0.3) is 0 Å². The summed E-state index contributed by atoms with van der Waals surface area (Å²) in [6, 6.07) is 20.6. The molecule has 6 nitrogen and oxygen atoms in total. The number of Topliss-reactive ketones (excluding diaryl/α,β-unsaturated/α-hetero) is 1. The van der Waals surface area contributed by atoms with Crippen molar-refractivity contribution in [3.63, 3.8) is 0 Å². The number of ether oxygens (including phenoxy) is 2. The molecule has 0 spiro atoms. The number of benzene rings is 3. The van der Waals surface area contributed by atoms with Gasteiger partial charge in [0, 0.05) is 24.2 Å². The van der Waals surface area contributed by atoms with E-state index in [2.05, 4.69) is 26.0 Å². The average Bonchev–Trinajstić information content (AvgIpc) is 3.26. The fraction of sp³-hybridized carbons (Fsp3) is 0.323. The normalized spacial score (nSPS) is 16.1. The maximum Gasteiger partial charge on any atom is 0.312 e. The molecule has 4 rings (SSSR count). The summed E-state index contributed by atoms with van der Waals surface area (Å²) >= 11 is 0. The summed E-state index contributed by atoms with van der Waals surface area (Å²) in [6.07, 6.45) is -0.878. The third kappa shape index (κ3) is 6.08. The van der Waals surface area contributed by atoms with E-state index < -0.39 is 18.0 Å². The van der Waals surface area contributed by atoms with Crippen LogP contribution in [0, 0.1) is 19.8 Å². The zero-order valence-corrected chi connectivity index (χ0v) is 22.0. The highest BCUT2D eigenvalue weighted by molar-refractivity contribution is 6.02. The summed E-state index contributed by atoms with van der Waals surface area (Å²) in [7, 11) is 0.